The van der Waals surface area contributed by atoms with Crippen molar-refractivity contribution in [3.63, 3.8) is 0 Å². The Morgan fingerprint density at radius 3 is 1.54 bits per heavy atom. The van der Waals surface area contributed by atoms with E-state index in [2.05, 4.69) is 205 Å². The maximum absolute atomic E-state index is 5.35. The lowest BCUT2D eigenvalue weighted by Gasteiger charge is -2.13. The molecule has 12 rings (SSSR count). The summed E-state index contributed by atoms with van der Waals surface area (Å²) >= 11 is 0. The number of hydrogen-bond donors (Lipinski definition) is 0. The first-order chi connectivity index (χ1) is 29.3. The fourth-order valence-corrected chi connectivity index (χ4v) is 8.94. The first-order valence-electron chi connectivity index (χ1n) is 19.9. The van der Waals surface area contributed by atoms with Crippen LogP contribution >= 0.6 is 0 Å². The minimum absolute atomic E-state index is 0.615. The van der Waals surface area contributed by atoms with Gasteiger partial charge < -0.3 is 4.57 Å². The molecule has 0 bridgehead atoms. The van der Waals surface area contributed by atoms with E-state index in [-0.39, 0.29) is 0 Å². The molecule has 9 aromatic carbocycles. The van der Waals surface area contributed by atoms with E-state index >= 15 is 0 Å². The Morgan fingerprint density at radius 2 is 0.847 bits per heavy atom. The van der Waals surface area contributed by atoms with E-state index in [0.717, 1.165) is 71.5 Å². The second-order valence-corrected chi connectivity index (χ2v) is 15.0. The van der Waals surface area contributed by atoms with Crippen LogP contribution < -0.4 is 0 Å². The molecular formula is C54H33N5. The minimum atomic E-state index is 0.615. The Morgan fingerprint density at radius 1 is 0.305 bits per heavy atom. The monoisotopic (exact) mass is 751 g/mol. The maximum Gasteiger partial charge on any atom is 0.164 e. The lowest BCUT2D eigenvalue weighted by molar-refractivity contribution is 1.08. The topological polar surface area (TPSA) is 56.5 Å². The molecule has 0 atom stereocenters. The largest absolute Gasteiger partial charge is 0.309 e. The summed E-state index contributed by atoms with van der Waals surface area (Å²) in [6.45, 7) is 0. The zero-order valence-corrected chi connectivity index (χ0v) is 31.8. The molecule has 5 nitrogen and oxygen atoms in total. The van der Waals surface area contributed by atoms with E-state index in [4.69, 9.17) is 19.9 Å². The van der Waals surface area contributed by atoms with Gasteiger partial charge in [0.05, 0.1) is 22.2 Å². The molecule has 0 unspecified atom stereocenters. The van der Waals surface area contributed by atoms with Gasteiger partial charge in [-0.2, -0.15) is 0 Å². The summed E-state index contributed by atoms with van der Waals surface area (Å²) in [5.41, 5.74) is 9.24. The van der Waals surface area contributed by atoms with Crippen molar-refractivity contribution in [3.05, 3.63) is 200 Å². The van der Waals surface area contributed by atoms with E-state index in [0.29, 0.717) is 17.5 Å². The molecule has 0 radical (unpaired) electrons. The molecule has 3 heterocycles. The first kappa shape index (κ1) is 33.2. The van der Waals surface area contributed by atoms with Crippen LogP contribution in [-0.4, -0.2) is 24.5 Å². The molecule has 0 aliphatic carbocycles. The van der Waals surface area contributed by atoms with E-state index in [1.807, 2.05) is 0 Å². The quantitative estimate of drug-likeness (QED) is 0.164. The Labute approximate surface area is 339 Å². The number of para-hydroxylation sites is 3. The van der Waals surface area contributed by atoms with Gasteiger partial charge in [0, 0.05) is 54.9 Å². The molecule has 0 saturated heterocycles. The van der Waals surface area contributed by atoms with Gasteiger partial charge >= 0.3 is 0 Å². The highest BCUT2D eigenvalue weighted by Crippen LogP contribution is 2.42. The summed E-state index contributed by atoms with van der Waals surface area (Å²) in [5.74, 6) is 1.89. The van der Waals surface area contributed by atoms with Gasteiger partial charge in [-0.1, -0.05) is 170 Å². The van der Waals surface area contributed by atoms with Gasteiger partial charge in [-0.15, -0.1) is 0 Å². The van der Waals surface area contributed by atoms with Gasteiger partial charge in [0.15, 0.2) is 17.5 Å². The molecule has 0 saturated carbocycles. The summed E-state index contributed by atoms with van der Waals surface area (Å²) < 4.78 is 2.38. The third kappa shape index (κ3) is 5.33. The highest BCUT2D eigenvalue weighted by Gasteiger charge is 2.20. The zero-order valence-electron chi connectivity index (χ0n) is 31.8. The van der Waals surface area contributed by atoms with Crippen LogP contribution in [0.1, 0.15) is 0 Å². The molecule has 0 amide bonds. The number of aromatic nitrogens is 5. The second kappa shape index (κ2) is 13.3. The maximum atomic E-state index is 5.35. The summed E-state index contributed by atoms with van der Waals surface area (Å²) in [6, 6.07) is 70.3. The highest BCUT2D eigenvalue weighted by atomic mass is 15.0. The third-order valence-corrected chi connectivity index (χ3v) is 11.6. The van der Waals surface area contributed by atoms with Crippen molar-refractivity contribution in [2.45, 2.75) is 0 Å². The molecule has 274 valence electrons. The normalized spacial score (nSPS) is 11.7. The molecular weight excluding hydrogens is 719 g/mol. The highest BCUT2D eigenvalue weighted by molar-refractivity contribution is 6.29. The molecule has 0 N–H and O–H groups in total. The lowest BCUT2D eigenvalue weighted by atomic mass is 9.96. The smallest absolute Gasteiger partial charge is 0.164 e. The van der Waals surface area contributed by atoms with Gasteiger partial charge in [-0.3, -0.25) is 0 Å². The van der Waals surface area contributed by atoms with Crippen molar-refractivity contribution in [1.29, 1.82) is 0 Å². The zero-order chi connectivity index (χ0) is 38.9. The molecule has 3 aromatic heterocycles. The number of benzene rings is 9. The van der Waals surface area contributed by atoms with Crippen molar-refractivity contribution in [1.82, 2.24) is 24.5 Å². The van der Waals surface area contributed by atoms with E-state index in [1.54, 1.807) is 0 Å². The van der Waals surface area contributed by atoms with Crippen molar-refractivity contribution in [2.75, 3.05) is 0 Å². The van der Waals surface area contributed by atoms with Crippen LogP contribution in [0.5, 0.6) is 0 Å². The molecule has 0 spiro atoms. The average molecular weight is 752 g/mol. The van der Waals surface area contributed by atoms with Gasteiger partial charge in [-0.25, -0.2) is 19.9 Å². The standard InChI is InChI=1S/C54H33N5/c1-2-18-38(19-3-1)59-47-27-11-9-23-44(47)50-48(59)33-32-45-49(50)43-22-8-10-26-46(43)55-51(45)36-28-30-37(31-29-36)52-56-53(41-24-12-16-34-14-4-6-20-39(34)41)58-54(57-52)42-25-13-17-35-15-5-7-21-40(35)42/h1-33H. The molecule has 59 heavy (non-hydrogen) atoms. The minimum Gasteiger partial charge on any atom is -0.309 e. The Bertz CT molecular complexity index is 3500. The van der Waals surface area contributed by atoms with Crippen molar-refractivity contribution < 1.29 is 0 Å². The molecule has 12 aromatic rings. The van der Waals surface area contributed by atoms with Crippen LogP contribution in [0.2, 0.25) is 0 Å². The Hall–Kier alpha value is -8.02. The van der Waals surface area contributed by atoms with Gasteiger partial charge in [0.25, 0.3) is 0 Å². The van der Waals surface area contributed by atoms with Crippen molar-refractivity contribution in [3.8, 4) is 51.1 Å². The second-order valence-electron chi connectivity index (χ2n) is 15.0. The van der Waals surface area contributed by atoms with Gasteiger partial charge in [0.2, 0.25) is 0 Å². The molecule has 0 aliphatic heterocycles. The van der Waals surface area contributed by atoms with Crippen molar-refractivity contribution in [2.24, 2.45) is 0 Å². The van der Waals surface area contributed by atoms with E-state index in [1.165, 1.54) is 27.2 Å². The van der Waals surface area contributed by atoms with Crippen LogP contribution in [0.4, 0.5) is 0 Å². The number of hydrogen-bond acceptors (Lipinski definition) is 4. The van der Waals surface area contributed by atoms with Crippen LogP contribution in [0.25, 0.3) is 116 Å². The fraction of sp³-hybridized carbons (Fsp3) is 0. The lowest BCUT2D eigenvalue weighted by Crippen LogP contribution is -2.01. The van der Waals surface area contributed by atoms with Crippen LogP contribution in [0.15, 0.2) is 200 Å². The van der Waals surface area contributed by atoms with Gasteiger partial charge in [-0.05, 0) is 51.9 Å². The summed E-state index contributed by atoms with van der Waals surface area (Å²) in [7, 11) is 0. The summed E-state index contributed by atoms with van der Waals surface area (Å²) in [5, 5.41) is 10.4. The number of pyridine rings is 1. The molecule has 0 aliphatic rings. The van der Waals surface area contributed by atoms with E-state index < -0.39 is 0 Å². The predicted molar refractivity (Wildman–Crippen MR) is 244 cm³/mol. The Balaban J connectivity index is 1.06. The van der Waals surface area contributed by atoms with Crippen molar-refractivity contribution >= 4 is 65.0 Å². The number of fused-ring (bicyclic) bond motifs is 9. The molecule has 5 heteroatoms. The molecule has 0 fully saturated rings. The van der Waals surface area contributed by atoms with Gasteiger partial charge in [0.1, 0.15) is 0 Å². The summed E-state index contributed by atoms with van der Waals surface area (Å²) in [6.07, 6.45) is 0. The fourth-order valence-electron chi connectivity index (χ4n) is 8.94. The van der Waals surface area contributed by atoms with Crippen LogP contribution in [0, 0.1) is 0 Å². The third-order valence-electron chi connectivity index (χ3n) is 11.6. The predicted octanol–water partition coefficient (Wildman–Crippen LogP) is 13.6. The Kier molecular flexibility index (Phi) is 7.47. The van der Waals surface area contributed by atoms with E-state index in [9.17, 15) is 0 Å². The summed E-state index contributed by atoms with van der Waals surface area (Å²) in [4.78, 5) is 20.9. The van der Waals surface area contributed by atoms with Crippen LogP contribution in [-0.2, 0) is 0 Å². The number of rotatable bonds is 5. The van der Waals surface area contributed by atoms with Crippen LogP contribution in [0.3, 0.4) is 0 Å². The SMILES string of the molecule is c1ccc(-n2c3ccccc3c3c4c(ccc32)c(-c2ccc(-c3nc(-c5cccc6ccccc56)nc(-c5cccc6ccccc56)n3)cc2)nc2ccccc24)cc1. The first-order valence-corrected chi connectivity index (χ1v) is 19.9. The average Bonchev–Trinajstić information content (AvgIpc) is 3.65. The number of nitrogens with zero attached hydrogens (tertiary/aromatic N) is 5.